The number of nitrogens with zero attached hydrogens (tertiary/aromatic N) is 2. The van der Waals surface area contributed by atoms with Crippen LogP contribution in [-0.2, 0) is 4.74 Å². The SMILES string of the molecule is CCOC(C)CNc1cc(C#N)ccc1[N+](=O)[O-]. The van der Waals surface area contributed by atoms with Crippen molar-refractivity contribution in [3.8, 4) is 6.07 Å². The predicted molar refractivity (Wildman–Crippen MR) is 67.4 cm³/mol. The maximum Gasteiger partial charge on any atom is 0.292 e. The molecule has 1 aromatic carbocycles. The fourth-order valence-corrected chi connectivity index (χ4v) is 1.50. The Bertz CT molecular complexity index is 468. The van der Waals surface area contributed by atoms with E-state index in [9.17, 15) is 10.1 Å². The fraction of sp³-hybridized carbons (Fsp3) is 0.417. The number of nitro benzene ring substituents is 1. The van der Waals surface area contributed by atoms with E-state index in [1.807, 2.05) is 19.9 Å². The van der Waals surface area contributed by atoms with Gasteiger partial charge < -0.3 is 10.1 Å². The van der Waals surface area contributed by atoms with Crippen molar-refractivity contribution in [1.82, 2.24) is 0 Å². The maximum absolute atomic E-state index is 10.8. The molecule has 1 N–H and O–H groups in total. The van der Waals surface area contributed by atoms with Gasteiger partial charge in [-0.25, -0.2) is 0 Å². The molecule has 0 bridgehead atoms. The third-order valence-corrected chi connectivity index (χ3v) is 2.35. The lowest BCUT2D eigenvalue weighted by atomic mass is 10.2. The van der Waals surface area contributed by atoms with E-state index < -0.39 is 4.92 Å². The molecule has 0 aromatic heterocycles. The van der Waals surface area contributed by atoms with E-state index in [1.165, 1.54) is 18.2 Å². The maximum atomic E-state index is 10.8. The molecule has 1 atom stereocenters. The molecule has 6 heteroatoms. The predicted octanol–water partition coefficient (Wildman–Crippen LogP) is 2.30. The molecule has 0 saturated heterocycles. The second-order valence-electron chi connectivity index (χ2n) is 3.75. The van der Waals surface area contributed by atoms with Crippen LogP contribution in [0.1, 0.15) is 19.4 Å². The molecular weight excluding hydrogens is 234 g/mol. The average molecular weight is 249 g/mol. The molecule has 0 aliphatic rings. The van der Waals surface area contributed by atoms with E-state index in [0.29, 0.717) is 24.4 Å². The summed E-state index contributed by atoms with van der Waals surface area (Å²) in [6.07, 6.45) is -0.0552. The highest BCUT2D eigenvalue weighted by Gasteiger charge is 2.14. The second-order valence-corrected chi connectivity index (χ2v) is 3.75. The normalized spacial score (nSPS) is 11.6. The molecule has 96 valence electrons. The van der Waals surface area contributed by atoms with Crippen molar-refractivity contribution in [3.63, 3.8) is 0 Å². The lowest BCUT2D eigenvalue weighted by Gasteiger charge is -2.13. The Balaban J connectivity index is 2.85. The van der Waals surface area contributed by atoms with Crippen LogP contribution in [0.5, 0.6) is 0 Å². The molecule has 0 aliphatic heterocycles. The van der Waals surface area contributed by atoms with Crippen LogP contribution in [0.2, 0.25) is 0 Å². The van der Waals surface area contributed by atoms with Gasteiger partial charge in [0.05, 0.1) is 22.7 Å². The van der Waals surface area contributed by atoms with Crippen molar-refractivity contribution < 1.29 is 9.66 Å². The van der Waals surface area contributed by atoms with Gasteiger partial charge in [-0.15, -0.1) is 0 Å². The zero-order valence-electron chi connectivity index (χ0n) is 10.3. The molecular formula is C12H15N3O3. The van der Waals surface area contributed by atoms with Crippen molar-refractivity contribution in [3.05, 3.63) is 33.9 Å². The average Bonchev–Trinajstić information content (AvgIpc) is 2.36. The third kappa shape index (κ3) is 3.71. The summed E-state index contributed by atoms with van der Waals surface area (Å²) in [4.78, 5) is 10.4. The zero-order valence-corrected chi connectivity index (χ0v) is 10.3. The monoisotopic (exact) mass is 249 g/mol. The summed E-state index contributed by atoms with van der Waals surface area (Å²) in [6, 6.07) is 6.17. The minimum Gasteiger partial charge on any atom is -0.377 e. The van der Waals surface area contributed by atoms with Crippen molar-refractivity contribution in [2.75, 3.05) is 18.5 Å². The summed E-state index contributed by atoms with van der Waals surface area (Å²) in [7, 11) is 0. The van der Waals surface area contributed by atoms with Gasteiger partial charge in [-0.05, 0) is 26.0 Å². The van der Waals surface area contributed by atoms with Crippen LogP contribution in [0.15, 0.2) is 18.2 Å². The van der Waals surface area contributed by atoms with Crippen molar-refractivity contribution >= 4 is 11.4 Å². The lowest BCUT2D eigenvalue weighted by molar-refractivity contribution is -0.384. The summed E-state index contributed by atoms with van der Waals surface area (Å²) in [6.45, 7) is 4.79. The van der Waals surface area contributed by atoms with Gasteiger partial charge in [0.1, 0.15) is 5.69 Å². The van der Waals surface area contributed by atoms with Gasteiger partial charge in [0.25, 0.3) is 5.69 Å². The Morgan fingerprint density at radius 3 is 2.89 bits per heavy atom. The smallest absolute Gasteiger partial charge is 0.292 e. The van der Waals surface area contributed by atoms with Gasteiger partial charge in [0, 0.05) is 19.2 Å². The number of nitro groups is 1. The molecule has 1 aromatic rings. The first-order valence-corrected chi connectivity index (χ1v) is 5.62. The first-order chi connectivity index (χ1) is 8.58. The van der Waals surface area contributed by atoms with Crippen molar-refractivity contribution in [2.24, 2.45) is 0 Å². The quantitative estimate of drug-likeness (QED) is 0.617. The molecule has 0 spiro atoms. The number of benzene rings is 1. The summed E-state index contributed by atoms with van der Waals surface area (Å²) in [5, 5.41) is 22.6. The molecule has 1 unspecified atom stereocenters. The Hall–Kier alpha value is -2.13. The summed E-state index contributed by atoms with van der Waals surface area (Å²) < 4.78 is 5.32. The molecule has 0 amide bonds. The van der Waals surface area contributed by atoms with Gasteiger partial charge in [0.2, 0.25) is 0 Å². The molecule has 0 saturated carbocycles. The molecule has 1 rings (SSSR count). The lowest BCUT2D eigenvalue weighted by Crippen LogP contribution is -2.20. The first-order valence-electron chi connectivity index (χ1n) is 5.62. The van der Waals surface area contributed by atoms with Crippen LogP contribution < -0.4 is 5.32 Å². The van der Waals surface area contributed by atoms with E-state index in [0.717, 1.165) is 0 Å². The highest BCUT2D eigenvalue weighted by atomic mass is 16.6. The summed E-state index contributed by atoms with van der Waals surface area (Å²) in [5.74, 6) is 0. The summed E-state index contributed by atoms with van der Waals surface area (Å²) in [5.41, 5.74) is 0.676. The number of nitrogens with one attached hydrogen (secondary N) is 1. The van der Waals surface area contributed by atoms with Crippen LogP contribution in [-0.4, -0.2) is 24.2 Å². The Morgan fingerprint density at radius 1 is 1.61 bits per heavy atom. The van der Waals surface area contributed by atoms with Crippen LogP contribution in [0.3, 0.4) is 0 Å². The minimum atomic E-state index is -0.477. The fourth-order valence-electron chi connectivity index (χ4n) is 1.50. The first kappa shape index (κ1) is 13.9. The third-order valence-electron chi connectivity index (χ3n) is 2.35. The Morgan fingerprint density at radius 2 is 2.33 bits per heavy atom. The van der Waals surface area contributed by atoms with Gasteiger partial charge in [-0.3, -0.25) is 10.1 Å². The molecule has 0 aliphatic carbocycles. The molecule has 0 fully saturated rings. The highest BCUT2D eigenvalue weighted by molar-refractivity contribution is 5.64. The molecule has 18 heavy (non-hydrogen) atoms. The van der Waals surface area contributed by atoms with Gasteiger partial charge in [-0.1, -0.05) is 0 Å². The largest absolute Gasteiger partial charge is 0.377 e. The van der Waals surface area contributed by atoms with Gasteiger partial charge >= 0.3 is 0 Å². The van der Waals surface area contributed by atoms with Crippen LogP contribution in [0.25, 0.3) is 0 Å². The molecule has 6 nitrogen and oxygen atoms in total. The highest BCUT2D eigenvalue weighted by Crippen LogP contribution is 2.25. The summed E-state index contributed by atoms with van der Waals surface area (Å²) >= 11 is 0. The number of anilines is 1. The van der Waals surface area contributed by atoms with Gasteiger partial charge in [0.15, 0.2) is 0 Å². The zero-order chi connectivity index (χ0) is 13.5. The van der Waals surface area contributed by atoms with E-state index in [-0.39, 0.29) is 11.8 Å². The topological polar surface area (TPSA) is 88.2 Å². The van der Waals surface area contributed by atoms with Crippen LogP contribution in [0, 0.1) is 21.4 Å². The minimum absolute atomic E-state index is 0.0438. The van der Waals surface area contributed by atoms with E-state index in [2.05, 4.69) is 5.32 Å². The van der Waals surface area contributed by atoms with E-state index in [1.54, 1.807) is 0 Å². The van der Waals surface area contributed by atoms with Crippen LogP contribution >= 0.6 is 0 Å². The number of hydrogen-bond acceptors (Lipinski definition) is 5. The molecule has 0 heterocycles. The van der Waals surface area contributed by atoms with E-state index in [4.69, 9.17) is 10.00 Å². The number of hydrogen-bond donors (Lipinski definition) is 1. The van der Waals surface area contributed by atoms with Crippen molar-refractivity contribution in [1.29, 1.82) is 5.26 Å². The Labute approximate surface area is 105 Å². The number of ether oxygens (including phenoxy) is 1. The van der Waals surface area contributed by atoms with Crippen LogP contribution in [0.4, 0.5) is 11.4 Å². The Kier molecular flexibility index (Phi) is 5.08. The standard InChI is InChI=1S/C12H15N3O3/c1-3-18-9(2)8-14-11-6-10(7-13)4-5-12(11)15(16)17/h4-6,9,14H,3,8H2,1-2H3. The number of rotatable bonds is 6. The van der Waals surface area contributed by atoms with E-state index >= 15 is 0 Å². The van der Waals surface area contributed by atoms with Crippen molar-refractivity contribution in [2.45, 2.75) is 20.0 Å². The van der Waals surface area contributed by atoms with Gasteiger partial charge in [-0.2, -0.15) is 5.26 Å². The second kappa shape index (κ2) is 6.57. The molecule has 0 radical (unpaired) electrons. The number of nitriles is 1.